The van der Waals surface area contributed by atoms with Gasteiger partial charge in [-0.05, 0) is 31.0 Å². The van der Waals surface area contributed by atoms with Gasteiger partial charge in [0.15, 0.2) is 5.41 Å². The number of esters is 4. The number of halogens is 13. The molecule has 0 heterocycles. The summed E-state index contributed by atoms with van der Waals surface area (Å²) < 4.78 is 201. The number of rotatable bonds is 11. The third kappa shape index (κ3) is 5.37. The minimum atomic E-state index is -8.26. The molecule has 1 aromatic carbocycles. The molecule has 0 fully saturated rings. The zero-order valence-corrected chi connectivity index (χ0v) is 23.6. The van der Waals surface area contributed by atoms with Crippen LogP contribution in [-0.2, 0) is 47.3 Å². The number of hydrogen-bond acceptors (Lipinski definition) is 8. The van der Waals surface area contributed by atoms with Crippen molar-refractivity contribution in [2.24, 2.45) is 5.41 Å². The van der Waals surface area contributed by atoms with Gasteiger partial charge in [-0.25, -0.2) is 9.59 Å². The number of ether oxygens (including phenoxy) is 4. The Hall–Kier alpha value is -3.81. The van der Waals surface area contributed by atoms with Gasteiger partial charge in [-0.2, -0.15) is 57.1 Å². The van der Waals surface area contributed by atoms with Crippen molar-refractivity contribution >= 4 is 23.9 Å². The first-order chi connectivity index (χ1) is 20.7. The van der Waals surface area contributed by atoms with Crippen LogP contribution in [0.2, 0.25) is 0 Å². The van der Waals surface area contributed by atoms with Gasteiger partial charge in [0.05, 0.1) is 38.6 Å². The Bertz CT molecular complexity index is 1390. The highest BCUT2D eigenvalue weighted by Gasteiger charge is 2.91. The van der Waals surface area contributed by atoms with Crippen LogP contribution in [0.25, 0.3) is 0 Å². The van der Waals surface area contributed by atoms with Crippen LogP contribution in [0.15, 0.2) is 6.07 Å². The first-order valence-corrected chi connectivity index (χ1v) is 12.4. The maximum Gasteiger partial charge on any atom is 0.460 e. The number of alkyl halides is 13. The molecule has 0 atom stereocenters. The number of carbonyl (C=O) groups is 4. The quantitative estimate of drug-likeness (QED) is 0.126. The minimum Gasteiger partial charge on any atom is -0.468 e. The van der Waals surface area contributed by atoms with E-state index in [-0.39, 0.29) is 0 Å². The van der Waals surface area contributed by atoms with Gasteiger partial charge in [0.25, 0.3) is 0 Å². The second kappa shape index (κ2) is 12.1. The van der Waals surface area contributed by atoms with Gasteiger partial charge < -0.3 is 18.9 Å². The van der Waals surface area contributed by atoms with E-state index in [2.05, 4.69) is 18.9 Å². The van der Waals surface area contributed by atoms with Gasteiger partial charge in [0.1, 0.15) is 0 Å². The zero-order valence-electron chi connectivity index (χ0n) is 23.6. The summed E-state index contributed by atoms with van der Waals surface area (Å²) in [6.45, 7) is 0.662. The second-order valence-electron chi connectivity index (χ2n) is 9.53. The maximum atomic E-state index is 15.6. The molecule has 2 rings (SSSR count). The van der Waals surface area contributed by atoms with Crippen molar-refractivity contribution < 1.29 is 95.2 Å². The lowest BCUT2D eigenvalue weighted by Gasteiger charge is -2.40. The summed E-state index contributed by atoms with van der Waals surface area (Å²) in [6, 6.07) is -0.488. The SMILES string of the molecule is CCOC(=O)c1cc(C(F)(F)C(F)(F)C(F)(F)C(F)(F)C(F)(F)C(F)(F)F)c(C(=O)OCC)c2c1CC(C(=O)OC)(C(=O)OC)C2. The van der Waals surface area contributed by atoms with Gasteiger partial charge >= 0.3 is 59.7 Å². The molecule has 1 aliphatic rings. The van der Waals surface area contributed by atoms with Crippen molar-refractivity contribution in [2.75, 3.05) is 27.4 Å². The number of benzene rings is 1. The highest BCUT2D eigenvalue weighted by molar-refractivity contribution is 6.05. The molecule has 0 saturated heterocycles. The largest absolute Gasteiger partial charge is 0.468 e. The molecule has 21 heteroatoms. The average Bonchev–Trinajstić information content (AvgIpc) is 3.36. The highest BCUT2D eigenvalue weighted by atomic mass is 19.4. The van der Waals surface area contributed by atoms with Crippen LogP contribution in [0, 0.1) is 5.41 Å². The lowest BCUT2D eigenvalue weighted by atomic mass is 9.83. The Morgan fingerprint density at radius 3 is 1.48 bits per heavy atom. The van der Waals surface area contributed by atoms with Crippen LogP contribution >= 0.6 is 0 Å². The Morgan fingerprint density at radius 2 is 1.07 bits per heavy atom. The van der Waals surface area contributed by atoms with E-state index in [1.807, 2.05) is 0 Å². The van der Waals surface area contributed by atoms with E-state index in [1.54, 1.807) is 0 Å². The maximum absolute atomic E-state index is 15.6. The Kier molecular flexibility index (Phi) is 10.1. The fourth-order valence-electron chi connectivity index (χ4n) is 4.62. The van der Waals surface area contributed by atoms with E-state index < -0.39 is 125 Å². The summed E-state index contributed by atoms with van der Waals surface area (Å²) in [5.74, 6) is -46.5. The molecule has 0 amide bonds. The third-order valence-electron chi connectivity index (χ3n) is 6.91. The summed E-state index contributed by atoms with van der Waals surface area (Å²) >= 11 is 0. The molecule has 8 nitrogen and oxygen atoms in total. The van der Waals surface area contributed by atoms with Crippen LogP contribution in [0.1, 0.15) is 51.3 Å². The van der Waals surface area contributed by atoms with Gasteiger partial charge in [-0.15, -0.1) is 0 Å². The topological polar surface area (TPSA) is 105 Å². The summed E-state index contributed by atoms with van der Waals surface area (Å²) in [7, 11) is 1.38. The predicted molar refractivity (Wildman–Crippen MR) is 122 cm³/mol. The van der Waals surface area contributed by atoms with Crippen LogP contribution in [0.5, 0.6) is 0 Å². The molecule has 0 radical (unpaired) electrons. The van der Waals surface area contributed by atoms with Crippen molar-refractivity contribution in [3.8, 4) is 0 Å². The molecule has 0 saturated carbocycles. The van der Waals surface area contributed by atoms with E-state index in [9.17, 15) is 67.5 Å². The van der Waals surface area contributed by atoms with E-state index >= 15 is 8.78 Å². The molecule has 260 valence electrons. The number of methoxy groups -OCH3 is 2. The van der Waals surface area contributed by atoms with Crippen LogP contribution in [0.4, 0.5) is 57.1 Å². The Balaban J connectivity index is 3.13. The molecular weight excluding hydrogens is 675 g/mol. The smallest absolute Gasteiger partial charge is 0.460 e. The van der Waals surface area contributed by atoms with Crippen molar-refractivity contribution in [1.29, 1.82) is 0 Å². The highest BCUT2D eigenvalue weighted by Crippen LogP contribution is 2.63. The van der Waals surface area contributed by atoms with Gasteiger partial charge in [-0.3, -0.25) is 9.59 Å². The Morgan fingerprint density at radius 1 is 0.652 bits per heavy atom. The molecule has 0 aliphatic heterocycles. The Labute approximate surface area is 249 Å². The van der Waals surface area contributed by atoms with Crippen molar-refractivity contribution in [2.45, 2.75) is 62.5 Å². The van der Waals surface area contributed by atoms with Crippen molar-refractivity contribution in [3.63, 3.8) is 0 Å². The van der Waals surface area contributed by atoms with E-state index in [0.717, 1.165) is 13.8 Å². The monoisotopic (exact) mass is 696 g/mol. The lowest BCUT2D eigenvalue weighted by Crippen LogP contribution is -2.69. The summed E-state index contributed by atoms with van der Waals surface area (Å²) in [5.41, 5.74) is -10.8. The molecular formula is C25H21F13O8. The molecule has 0 N–H and O–H groups in total. The number of fused-ring (bicyclic) bond motifs is 1. The fourth-order valence-corrected chi connectivity index (χ4v) is 4.62. The molecule has 0 bridgehead atoms. The standard InChI is InChI=1S/C25H21F13O8/c1-5-45-15(39)10-7-13(20(26,27)21(28,29)22(30,31)23(32,33)24(34,35)25(36,37)38)14(16(40)46-6-2)12-9-19(8-11(10)12,17(41)43-3)18(42)44-4/h7H,5-6,8-9H2,1-4H3. The molecule has 1 aromatic rings. The second-order valence-corrected chi connectivity index (χ2v) is 9.53. The van der Waals surface area contributed by atoms with E-state index in [4.69, 9.17) is 0 Å². The lowest BCUT2D eigenvalue weighted by molar-refractivity contribution is -0.441. The van der Waals surface area contributed by atoms with Crippen molar-refractivity contribution in [3.05, 3.63) is 33.9 Å². The van der Waals surface area contributed by atoms with Crippen LogP contribution in [-0.4, -0.2) is 81.2 Å². The van der Waals surface area contributed by atoms with Crippen LogP contribution in [0.3, 0.4) is 0 Å². The molecule has 0 unspecified atom stereocenters. The molecule has 46 heavy (non-hydrogen) atoms. The van der Waals surface area contributed by atoms with Gasteiger partial charge in [-0.1, -0.05) is 0 Å². The normalized spacial score (nSPS) is 15.6. The van der Waals surface area contributed by atoms with Gasteiger partial charge in [0.2, 0.25) is 0 Å². The van der Waals surface area contributed by atoms with Crippen LogP contribution < -0.4 is 0 Å². The van der Waals surface area contributed by atoms with Gasteiger partial charge in [0, 0.05) is 18.4 Å². The first kappa shape index (κ1) is 38.4. The predicted octanol–water partition coefficient (Wildman–Crippen LogP) is 5.67. The summed E-state index contributed by atoms with van der Waals surface area (Å²) in [4.78, 5) is 51.0. The molecule has 1 aliphatic carbocycles. The van der Waals surface area contributed by atoms with Crippen molar-refractivity contribution in [1.82, 2.24) is 0 Å². The summed E-state index contributed by atoms with van der Waals surface area (Å²) in [5, 5.41) is 0. The summed E-state index contributed by atoms with van der Waals surface area (Å²) in [6.07, 6.45) is -10.1. The third-order valence-corrected chi connectivity index (χ3v) is 6.91. The van der Waals surface area contributed by atoms with E-state index in [0.29, 0.717) is 14.2 Å². The fraction of sp³-hybridized carbons (Fsp3) is 0.600. The zero-order chi connectivity index (χ0) is 36.1. The van der Waals surface area contributed by atoms with E-state index in [1.165, 1.54) is 0 Å². The molecule has 0 aromatic heterocycles. The molecule has 0 spiro atoms. The number of hydrogen-bond donors (Lipinski definition) is 0. The minimum absolute atomic E-state index is 0.488. The first-order valence-electron chi connectivity index (χ1n) is 12.4. The number of carbonyl (C=O) groups excluding carboxylic acids is 4. The average molecular weight is 696 g/mol.